The highest BCUT2D eigenvalue weighted by molar-refractivity contribution is 5.68. The van der Waals surface area contributed by atoms with Crippen LogP contribution in [0, 0.1) is 0 Å². The second kappa shape index (κ2) is 10.4. The number of carbonyl (C=O) groups is 1. The first-order valence-corrected chi connectivity index (χ1v) is 13.0. The van der Waals surface area contributed by atoms with Crippen LogP contribution >= 0.6 is 0 Å². The van der Waals surface area contributed by atoms with Gasteiger partial charge < -0.3 is 14.2 Å². The third-order valence-electron chi connectivity index (χ3n) is 6.84. The fourth-order valence-electron chi connectivity index (χ4n) is 4.85. The number of amides is 1. The van der Waals surface area contributed by atoms with Gasteiger partial charge in [-0.1, -0.05) is 59.8 Å². The van der Waals surface area contributed by atoms with Crippen LogP contribution in [0.25, 0.3) is 11.4 Å². The van der Waals surface area contributed by atoms with Gasteiger partial charge in [-0.05, 0) is 57.6 Å². The number of benzene rings is 2. The molecule has 1 amide bonds. The molecule has 1 aliphatic carbocycles. The smallest absolute Gasteiger partial charge is 0.410 e. The molecule has 2 aromatic carbocycles. The third-order valence-corrected chi connectivity index (χ3v) is 6.84. The maximum Gasteiger partial charge on any atom is 0.410 e. The largest absolute Gasteiger partial charge is 0.444 e. The van der Waals surface area contributed by atoms with E-state index in [2.05, 4.69) is 51.4 Å². The molecule has 2 fully saturated rings. The summed E-state index contributed by atoms with van der Waals surface area (Å²) in [5, 5.41) is 4.19. The minimum Gasteiger partial charge on any atom is -0.444 e. The molecule has 0 atom stereocenters. The predicted octanol–water partition coefficient (Wildman–Crippen LogP) is 5.69. The first-order valence-electron chi connectivity index (χ1n) is 13.0. The monoisotopic (exact) mass is 488 g/mol. The molecule has 1 aliphatic heterocycles. The maximum absolute atomic E-state index is 12.4. The van der Waals surface area contributed by atoms with Crippen LogP contribution in [-0.4, -0.2) is 56.8 Å². The van der Waals surface area contributed by atoms with Gasteiger partial charge in [0, 0.05) is 37.3 Å². The summed E-state index contributed by atoms with van der Waals surface area (Å²) in [5.41, 5.74) is 2.95. The lowest BCUT2D eigenvalue weighted by Gasteiger charge is -2.39. The van der Waals surface area contributed by atoms with Gasteiger partial charge >= 0.3 is 6.09 Å². The first kappa shape index (κ1) is 24.5. The number of likely N-dealkylation sites (tertiary alicyclic amines) is 1. The molecule has 0 unspecified atom stereocenters. The molecule has 7 nitrogen and oxygen atoms in total. The molecular formula is C29H36N4O3. The van der Waals surface area contributed by atoms with Gasteiger partial charge in [0.25, 0.3) is 0 Å². The van der Waals surface area contributed by atoms with Crippen molar-refractivity contribution >= 4 is 6.09 Å². The molecule has 0 radical (unpaired) electrons. The zero-order valence-electron chi connectivity index (χ0n) is 21.5. The van der Waals surface area contributed by atoms with E-state index >= 15 is 0 Å². The van der Waals surface area contributed by atoms with E-state index in [4.69, 9.17) is 9.26 Å². The number of hydrogen-bond donors (Lipinski definition) is 0. The molecule has 1 aromatic heterocycles. The molecule has 1 saturated heterocycles. The Morgan fingerprint density at radius 2 is 1.64 bits per heavy atom. The molecule has 0 N–H and O–H groups in total. The highest BCUT2D eigenvalue weighted by atomic mass is 16.6. The quantitative estimate of drug-likeness (QED) is 0.425. The highest BCUT2D eigenvalue weighted by Gasteiger charge is 2.36. The summed E-state index contributed by atoms with van der Waals surface area (Å²) in [6, 6.07) is 19.8. The number of ether oxygens (including phenoxy) is 1. The Balaban J connectivity index is 1.18. The average Bonchev–Trinajstić information content (AvgIpc) is 3.61. The number of rotatable bonds is 7. The van der Waals surface area contributed by atoms with Crippen LogP contribution in [0.1, 0.15) is 63.5 Å². The molecule has 2 aliphatic rings. The van der Waals surface area contributed by atoms with E-state index in [0.29, 0.717) is 30.2 Å². The number of hydrogen-bond acceptors (Lipinski definition) is 6. The van der Waals surface area contributed by atoms with Gasteiger partial charge in [0.05, 0.1) is 6.42 Å². The van der Waals surface area contributed by atoms with Crippen molar-refractivity contribution in [2.24, 2.45) is 0 Å². The van der Waals surface area contributed by atoms with Crippen molar-refractivity contribution < 1.29 is 14.1 Å². The Morgan fingerprint density at radius 1 is 0.972 bits per heavy atom. The van der Waals surface area contributed by atoms with Crippen molar-refractivity contribution in [3.05, 3.63) is 71.6 Å². The van der Waals surface area contributed by atoms with E-state index in [1.165, 1.54) is 18.4 Å². The molecule has 190 valence electrons. The lowest BCUT2D eigenvalue weighted by molar-refractivity contribution is 0.0131. The molecule has 1 saturated carbocycles. The van der Waals surface area contributed by atoms with Crippen LogP contribution < -0.4 is 0 Å². The van der Waals surface area contributed by atoms with Gasteiger partial charge in [0.2, 0.25) is 11.7 Å². The van der Waals surface area contributed by atoms with E-state index in [1.54, 1.807) is 0 Å². The fourth-order valence-corrected chi connectivity index (χ4v) is 4.85. The van der Waals surface area contributed by atoms with E-state index in [-0.39, 0.29) is 6.09 Å². The molecule has 7 heteroatoms. The number of nitrogens with zero attached hydrogens (tertiary/aromatic N) is 4. The SMILES string of the molecule is CC(C)(C)OC(=O)N1CCC(N(Cc2ccc(-c3noc(Cc4ccccc4)n3)cc2)C2CC2)CC1. The van der Waals surface area contributed by atoms with Crippen LogP contribution in [-0.2, 0) is 17.7 Å². The summed E-state index contributed by atoms with van der Waals surface area (Å²) in [6.45, 7) is 8.18. The van der Waals surface area contributed by atoms with E-state index in [0.717, 1.165) is 43.6 Å². The maximum atomic E-state index is 12.4. The van der Waals surface area contributed by atoms with Crippen LogP contribution in [0.2, 0.25) is 0 Å². The van der Waals surface area contributed by atoms with E-state index in [9.17, 15) is 4.79 Å². The van der Waals surface area contributed by atoms with Gasteiger partial charge in [-0.25, -0.2) is 4.79 Å². The second-order valence-corrected chi connectivity index (χ2v) is 11.0. The Bertz CT molecular complexity index is 1140. The van der Waals surface area contributed by atoms with Crippen molar-refractivity contribution in [3.8, 4) is 11.4 Å². The lowest BCUT2D eigenvalue weighted by Crippen LogP contribution is -2.48. The number of piperidine rings is 1. The van der Waals surface area contributed by atoms with Crippen LogP contribution in [0.4, 0.5) is 4.79 Å². The molecule has 0 spiro atoms. The van der Waals surface area contributed by atoms with E-state index in [1.807, 2.05) is 43.9 Å². The van der Waals surface area contributed by atoms with Crippen molar-refractivity contribution in [1.82, 2.24) is 19.9 Å². The van der Waals surface area contributed by atoms with Crippen molar-refractivity contribution in [1.29, 1.82) is 0 Å². The summed E-state index contributed by atoms with van der Waals surface area (Å²) >= 11 is 0. The van der Waals surface area contributed by atoms with Crippen LogP contribution in [0.5, 0.6) is 0 Å². The predicted molar refractivity (Wildman–Crippen MR) is 138 cm³/mol. The van der Waals surface area contributed by atoms with E-state index < -0.39 is 5.60 Å². The van der Waals surface area contributed by atoms with Gasteiger partial charge in [-0.3, -0.25) is 4.90 Å². The average molecular weight is 489 g/mol. The van der Waals surface area contributed by atoms with Gasteiger partial charge in [0.1, 0.15) is 5.60 Å². The topological polar surface area (TPSA) is 71.7 Å². The zero-order chi connectivity index (χ0) is 25.1. The first-order chi connectivity index (χ1) is 17.3. The third kappa shape index (κ3) is 6.32. The Morgan fingerprint density at radius 3 is 2.28 bits per heavy atom. The van der Waals surface area contributed by atoms with Crippen molar-refractivity contribution in [2.45, 2.75) is 77.1 Å². The van der Waals surface area contributed by atoms with Gasteiger partial charge in [-0.15, -0.1) is 0 Å². The van der Waals surface area contributed by atoms with Gasteiger partial charge in [-0.2, -0.15) is 4.98 Å². The summed E-state index contributed by atoms with van der Waals surface area (Å²) in [5.74, 6) is 1.25. The van der Waals surface area contributed by atoms with Crippen molar-refractivity contribution in [2.75, 3.05) is 13.1 Å². The highest BCUT2D eigenvalue weighted by Crippen LogP contribution is 2.33. The van der Waals surface area contributed by atoms with Crippen molar-refractivity contribution in [3.63, 3.8) is 0 Å². The number of carbonyl (C=O) groups excluding carboxylic acids is 1. The minimum atomic E-state index is -0.453. The zero-order valence-corrected chi connectivity index (χ0v) is 21.5. The Kier molecular flexibility index (Phi) is 7.10. The minimum absolute atomic E-state index is 0.192. The van der Waals surface area contributed by atoms with Gasteiger partial charge in [0.15, 0.2) is 0 Å². The van der Waals surface area contributed by atoms with Crippen LogP contribution in [0.15, 0.2) is 59.1 Å². The number of aromatic nitrogens is 2. The normalized spacial score (nSPS) is 16.9. The fraction of sp³-hybridized carbons (Fsp3) is 0.483. The second-order valence-electron chi connectivity index (χ2n) is 11.0. The summed E-state index contributed by atoms with van der Waals surface area (Å²) < 4.78 is 11.0. The Hall–Kier alpha value is -3.19. The molecule has 3 aromatic rings. The lowest BCUT2D eigenvalue weighted by atomic mass is 10.0. The molecule has 2 heterocycles. The summed E-state index contributed by atoms with van der Waals surface area (Å²) in [7, 11) is 0. The summed E-state index contributed by atoms with van der Waals surface area (Å²) in [4.78, 5) is 21.5. The van der Waals surface area contributed by atoms with Crippen LogP contribution in [0.3, 0.4) is 0 Å². The Labute approximate surface area is 213 Å². The standard InChI is InChI=1S/C29H36N4O3/c1-29(2,3)35-28(34)32-17-15-25(16-18-32)33(24-13-14-24)20-22-9-11-23(12-10-22)27-30-26(36-31-27)19-21-7-5-4-6-8-21/h4-12,24-25H,13-20H2,1-3H3. The molecule has 5 rings (SSSR count). The molecular weight excluding hydrogens is 452 g/mol. The summed E-state index contributed by atoms with van der Waals surface area (Å²) in [6.07, 6.45) is 4.94. The molecule has 36 heavy (non-hydrogen) atoms. The molecule has 0 bridgehead atoms.